The fraction of sp³-hybridized carbons (Fsp3) is 0.118. The zero-order valence-electron chi connectivity index (χ0n) is 12.9. The van der Waals surface area contributed by atoms with E-state index in [4.69, 9.17) is 11.6 Å². The number of benzene rings is 1. The molecular weight excluding hydrogens is 398 g/mol. The van der Waals surface area contributed by atoms with Crippen LogP contribution >= 0.6 is 34.3 Å². The van der Waals surface area contributed by atoms with E-state index < -0.39 is 15.1 Å². The van der Waals surface area contributed by atoms with Crippen LogP contribution in [0.4, 0.5) is 0 Å². The molecule has 1 amide bonds. The molecule has 0 bridgehead atoms. The van der Waals surface area contributed by atoms with E-state index in [1.807, 2.05) is 0 Å². The van der Waals surface area contributed by atoms with E-state index in [1.54, 1.807) is 59.3 Å². The molecule has 0 radical (unpaired) electrons. The minimum Gasteiger partial charge on any atom is -0.350 e. The second-order valence-corrected chi connectivity index (χ2v) is 9.89. The predicted molar refractivity (Wildman–Crippen MR) is 102 cm³/mol. The van der Waals surface area contributed by atoms with Crippen LogP contribution in [0.5, 0.6) is 0 Å². The number of sulfone groups is 1. The average molecular weight is 412 g/mol. The summed E-state index contributed by atoms with van der Waals surface area (Å²) in [5.41, 5.74) is 0.587. The van der Waals surface area contributed by atoms with Gasteiger partial charge in [0.25, 0.3) is 5.91 Å². The molecular formula is C17H14ClNO3S3. The normalized spacial score (nSPS) is 12.7. The van der Waals surface area contributed by atoms with Gasteiger partial charge in [-0.1, -0.05) is 35.9 Å². The Kier molecular flexibility index (Phi) is 5.58. The molecule has 130 valence electrons. The molecule has 0 saturated carbocycles. The van der Waals surface area contributed by atoms with Gasteiger partial charge in [-0.15, -0.1) is 22.7 Å². The highest BCUT2D eigenvalue weighted by atomic mass is 35.5. The third kappa shape index (κ3) is 4.12. The lowest BCUT2D eigenvalue weighted by Gasteiger charge is -2.18. The van der Waals surface area contributed by atoms with Crippen LogP contribution in [-0.2, 0) is 9.84 Å². The Morgan fingerprint density at radius 1 is 1.04 bits per heavy atom. The number of carbonyl (C=O) groups excluding carboxylic acids is 1. The summed E-state index contributed by atoms with van der Waals surface area (Å²) in [5.74, 6) is -0.282. The first kappa shape index (κ1) is 18.1. The van der Waals surface area contributed by atoms with Crippen LogP contribution in [0.2, 0.25) is 5.02 Å². The number of carbonyl (C=O) groups is 1. The number of hydrogen-bond donors (Lipinski definition) is 1. The van der Waals surface area contributed by atoms with Gasteiger partial charge in [-0.3, -0.25) is 4.79 Å². The molecule has 8 heteroatoms. The van der Waals surface area contributed by atoms with Crippen molar-refractivity contribution in [1.29, 1.82) is 0 Å². The fourth-order valence-electron chi connectivity index (χ4n) is 2.33. The number of nitrogens with one attached hydrogen (secondary N) is 1. The van der Waals surface area contributed by atoms with E-state index in [0.717, 1.165) is 11.3 Å². The molecule has 0 aliphatic rings. The SMILES string of the molecule is O=C(NC[C@@H](c1ccc(Cl)cc1)S(=O)(=O)c1cccs1)c1cccs1. The standard InChI is InChI=1S/C17H14ClNO3S3/c18-13-7-5-12(6-8-13)15(25(21,22)16-4-2-10-24-16)11-19-17(20)14-3-1-9-23-14/h1-10,15H,11H2,(H,19,20)/t15-/m0/s1. The topological polar surface area (TPSA) is 63.2 Å². The molecule has 3 aromatic rings. The van der Waals surface area contributed by atoms with Gasteiger partial charge in [0.15, 0.2) is 9.84 Å². The Morgan fingerprint density at radius 3 is 2.32 bits per heavy atom. The van der Waals surface area contributed by atoms with Crippen LogP contribution < -0.4 is 5.32 Å². The molecule has 2 aromatic heterocycles. The van der Waals surface area contributed by atoms with Gasteiger partial charge in [0.2, 0.25) is 0 Å². The van der Waals surface area contributed by atoms with E-state index in [-0.39, 0.29) is 16.7 Å². The van der Waals surface area contributed by atoms with Gasteiger partial charge in [-0.2, -0.15) is 0 Å². The van der Waals surface area contributed by atoms with Crippen LogP contribution in [0, 0.1) is 0 Å². The number of thiophene rings is 2. The Morgan fingerprint density at radius 2 is 1.72 bits per heavy atom. The lowest BCUT2D eigenvalue weighted by Crippen LogP contribution is -2.31. The second kappa shape index (κ2) is 7.70. The van der Waals surface area contributed by atoms with Crippen molar-refractivity contribution in [2.45, 2.75) is 9.46 Å². The second-order valence-electron chi connectivity index (χ2n) is 5.20. The predicted octanol–water partition coefficient (Wildman–Crippen LogP) is 4.41. The molecule has 0 spiro atoms. The minimum absolute atomic E-state index is 0.0153. The molecule has 0 saturated heterocycles. The number of amides is 1. The molecule has 3 rings (SSSR count). The van der Waals surface area contributed by atoms with E-state index >= 15 is 0 Å². The Balaban J connectivity index is 1.89. The van der Waals surface area contributed by atoms with Gasteiger partial charge in [-0.05, 0) is 40.6 Å². The van der Waals surface area contributed by atoms with Crippen LogP contribution in [0.3, 0.4) is 0 Å². The van der Waals surface area contributed by atoms with E-state index in [0.29, 0.717) is 15.5 Å². The van der Waals surface area contributed by atoms with E-state index in [9.17, 15) is 13.2 Å². The van der Waals surface area contributed by atoms with Crippen molar-refractivity contribution in [3.05, 3.63) is 74.8 Å². The summed E-state index contributed by atoms with van der Waals surface area (Å²) in [7, 11) is -3.62. The van der Waals surface area contributed by atoms with Crippen molar-refractivity contribution in [2.24, 2.45) is 0 Å². The first-order chi connectivity index (χ1) is 12.0. The summed E-state index contributed by atoms with van der Waals surface area (Å²) in [4.78, 5) is 12.7. The van der Waals surface area contributed by atoms with E-state index in [2.05, 4.69) is 5.32 Å². The average Bonchev–Trinajstić information content (AvgIpc) is 3.30. The maximum atomic E-state index is 13.0. The van der Waals surface area contributed by atoms with Crippen molar-refractivity contribution in [2.75, 3.05) is 6.54 Å². The van der Waals surface area contributed by atoms with Crippen molar-refractivity contribution < 1.29 is 13.2 Å². The molecule has 25 heavy (non-hydrogen) atoms. The molecule has 0 fully saturated rings. The minimum atomic E-state index is -3.62. The summed E-state index contributed by atoms with van der Waals surface area (Å²) in [5, 5.41) is 5.89. The summed E-state index contributed by atoms with van der Waals surface area (Å²) >= 11 is 8.38. The summed E-state index contributed by atoms with van der Waals surface area (Å²) < 4.78 is 26.3. The number of halogens is 1. The third-order valence-electron chi connectivity index (χ3n) is 3.58. The maximum Gasteiger partial charge on any atom is 0.261 e. The Bertz CT molecular complexity index is 934. The van der Waals surface area contributed by atoms with E-state index in [1.165, 1.54) is 11.3 Å². The first-order valence-electron chi connectivity index (χ1n) is 7.33. The van der Waals surface area contributed by atoms with Gasteiger partial charge in [0.1, 0.15) is 9.46 Å². The molecule has 1 aromatic carbocycles. The molecule has 0 aliphatic heterocycles. The van der Waals surface area contributed by atoms with Crippen molar-refractivity contribution >= 4 is 50.0 Å². The van der Waals surface area contributed by atoms with Gasteiger partial charge >= 0.3 is 0 Å². The molecule has 1 N–H and O–H groups in total. The highest BCUT2D eigenvalue weighted by Gasteiger charge is 2.30. The molecule has 0 aliphatic carbocycles. The largest absolute Gasteiger partial charge is 0.350 e. The van der Waals surface area contributed by atoms with Gasteiger partial charge in [0.05, 0.1) is 4.88 Å². The fourth-order valence-corrected chi connectivity index (χ4v) is 5.96. The highest BCUT2D eigenvalue weighted by Crippen LogP contribution is 2.31. The third-order valence-corrected chi connectivity index (χ3v) is 8.24. The quantitative estimate of drug-likeness (QED) is 0.653. The van der Waals surface area contributed by atoms with Gasteiger partial charge in [-0.25, -0.2) is 8.42 Å². The summed E-state index contributed by atoms with van der Waals surface area (Å²) in [6.45, 7) is -0.0153. The molecule has 2 heterocycles. The van der Waals surface area contributed by atoms with Crippen molar-refractivity contribution in [3.63, 3.8) is 0 Å². The molecule has 4 nitrogen and oxygen atoms in total. The zero-order chi connectivity index (χ0) is 17.9. The van der Waals surface area contributed by atoms with Crippen LogP contribution in [0.1, 0.15) is 20.5 Å². The lowest BCUT2D eigenvalue weighted by atomic mass is 10.1. The lowest BCUT2D eigenvalue weighted by molar-refractivity contribution is 0.0957. The maximum absolute atomic E-state index is 13.0. The monoisotopic (exact) mass is 411 g/mol. The first-order valence-corrected chi connectivity index (χ1v) is 11.0. The Hall–Kier alpha value is -1.67. The van der Waals surface area contributed by atoms with Gasteiger partial charge in [0, 0.05) is 11.6 Å². The smallest absolute Gasteiger partial charge is 0.261 e. The van der Waals surface area contributed by atoms with Crippen LogP contribution in [-0.4, -0.2) is 20.9 Å². The summed E-state index contributed by atoms with van der Waals surface area (Å²) in [6.07, 6.45) is 0. The van der Waals surface area contributed by atoms with Crippen LogP contribution in [0.15, 0.2) is 63.5 Å². The number of rotatable bonds is 6. The van der Waals surface area contributed by atoms with Crippen molar-refractivity contribution in [1.82, 2.24) is 5.32 Å². The van der Waals surface area contributed by atoms with Gasteiger partial charge < -0.3 is 5.32 Å². The highest BCUT2D eigenvalue weighted by molar-refractivity contribution is 7.93. The molecule has 1 atom stereocenters. The number of hydrogen-bond acceptors (Lipinski definition) is 5. The molecule has 0 unspecified atom stereocenters. The Labute approximate surface area is 159 Å². The van der Waals surface area contributed by atoms with Crippen molar-refractivity contribution in [3.8, 4) is 0 Å². The van der Waals surface area contributed by atoms with Crippen LogP contribution in [0.25, 0.3) is 0 Å². The zero-order valence-corrected chi connectivity index (χ0v) is 16.1. The summed E-state index contributed by atoms with van der Waals surface area (Å²) in [6, 6.07) is 13.4.